The SMILES string of the molecule is CCOC(=O)[C@H]1CCCN(C(=O)NCCC(=O)O)C1. The highest BCUT2D eigenvalue weighted by Crippen LogP contribution is 2.17. The number of ether oxygens (including phenoxy) is 1. The number of nitrogens with one attached hydrogen (secondary N) is 1. The highest BCUT2D eigenvalue weighted by molar-refractivity contribution is 5.77. The Balaban J connectivity index is 2.38. The van der Waals surface area contributed by atoms with Crippen LogP contribution >= 0.6 is 0 Å². The van der Waals surface area contributed by atoms with Gasteiger partial charge in [0.1, 0.15) is 0 Å². The van der Waals surface area contributed by atoms with Crippen LogP contribution in [0.5, 0.6) is 0 Å². The molecule has 2 N–H and O–H groups in total. The minimum Gasteiger partial charge on any atom is -0.481 e. The molecule has 0 spiro atoms. The number of likely N-dealkylation sites (tertiary alicyclic amines) is 1. The van der Waals surface area contributed by atoms with Crippen LogP contribution in [0, 0.1) is 5.92 Å². The van der Waals surface area contributed by atoms with E-state index in [0.29, 0.717) is 19.7 Å². The highest BCUT2D eigenvalue weighted by atomic mass is 16.5. The molecule has 1 aliphatic rings. The molecule has 1 rings (SSSR count). The Kier molecular flexibility index (Phi) is 6.11. The second kappa shape index (κ2) is 7.60. The van der Waals surface area contributed by atoms with Gasteiger partial charge >= 0.3 is 18.0 Å². The van der Waals surface area contributed by atoms with Crippen LogP contribution < -0.4 is 5.32 Å². The van der Waals surface area contributed by atoms with Crippen LogP contribution in [0.4, 0.5) is 4.79 Å². The first kappa shape index (κ1) is 15.3. The normalized spacial score (nSPS) is 18.8. The summed E-state index contributed by atoms with van der Waals surface area (Å²) in [5.74, 6) is -1.51. The smallest absolute Gasteiger partial charge is 0.317 e. The Hall–Kier alpha value is -1.79. The molecule has 1 heterocycles. The summed E-state index contributed by atoms with van der Waals surface area (Å²) < 4.78 is 4.95. The lowest BCUT2D eigenvalue weighted by Gasteiger charge is -2.31. The van der Waals surface area contributed by atoms with E-state index in [1.165, 1.54) is 4.90 Å². The summed E-state index contributed by atoms with van der Waals surface area (Å²) in [6.45, 7) is 3.08. The molecule has 0 aromatic heterocycles. The van der Waals surface area contributed by atoms with Crippen molar-refractivity contribution in [2.75, 3.05) is 26.2 Å². The molecule has 0 radical (unpaired) electrons. The van der Waals surface area contributed by atoms with Gasteiger partial charge in [-0.2, -0.15) is 0 Å². The van der Waals surface area contributed by atoms with Gasteiger partial charge in [0, 0.05) is 19.6 Å². The van der Waals surface area contributed by atoms with Crippen molar-refractivity contribution in [3.8, 4) is 0 Å². The average molecular weight is 272 g/mol. The molecule has 0 saturated carbocycles. The van der Waals surface area contributed by atoms with Gasteiger partial charge in [-0.1, -0.05) is 0 Å². The summed E-state index contributed by atoms with van der Waals surface area (Å²) in [6.07, 6.45) is 1.36. The van der Waals surface area contributed by atoms with Crippen molar-refractivity contribution in [1.82, 2.24) is 10.2 Å². The van der Waals surface area contributed by atoms with E-state index in [9.17, 15) is 14.4 Å². The number of rotatable bonds is 5. The largest absolute Gasteiger partial charge is 0.481 e. The van der Waals surface area contributed by atoms with E-state index in [-0.39, 0.29) is 30.9 Å². The second-order valence-corrected chi connectivity index (χ2v) is 4.41. The number of hydrogen-bond acceptors (Lipinski definition) is 4. The zero-order chi connectivity index (χ0) is 14.3. The summed E-state index contributed by atoms with van der Waals surface area (Å²) in [5.41, 5.74) is 0. The third-order valence-electron chi connectivity index (χ3n) is 2.94. The zero-order valence-electron chi connectivity index (χ0n) is 11.1. The monoisotopic (exact) mass is 272 g/mol. The standard InChI is InChI=1S/C12H20N2O5/c1-2-19-11(17)9-4-3-7-14(8-9)12(18)13-6-5-10(15)16/h9H,2-8H2,1H3,(H,13,18)(H,15,16)/t9-/m0/s1. The van der Waals surface area contributed by atoms with Crippen molar-refractivity contribution in [2.24, 2.45) is 5.92 Å². The van der Waals surface area contributed by atoms with E-state index in [2.05, 4.69) is 5.32 Å². The number of urea groups is 1. The van der Waals surface area contributed by atoms with Crippen molar-refractivity contribution in [2.45, 2.75) is 26.2 Å². The average Bonchev–Trinajstić information content (AvgIpc) is 2.38. The number of aliphatic carboxylic acids is 1. The molecular weight excluding hydrogens is 252 g/mol. The maximum Gasteiger partial charge on any atom is 0.317 e. The quantitative estimate of drug-likeness (QED) is 0.708. The fourth-order valence-corrected chi connectivity index (χ4v) is 2.00. The van der Waals surface area contributed by atoms with Crippen molar-refractivity contribution < 1.29 is 24.2 Å². The Labute approximate surface area is 111 Å². The number of carbonyl (C=O) groups excluding carboxylic acids is 2. The number of hydrogen-bond donors (Lipinski definition) is 2. The number of piperidine rings is 1. The highest BCUT2D eigenvalue weighted by Gasteiger charge is 2.29. The van der Waals surface area contributed by atoms with Gasteiger partial charge in [-0.15, -0.1) is 0 Å². The topological polar surface area (TPSA) is 95.9 Å². The molecule has 1 fully saturated rings. The van der Waals surface area contributed by atoms with Crippen LogP contribution in [0.15, 0.2) is 0 Å². The number of nitrogens with zero attached hydrogens (tertiary/aromatic N) is 1. The van der Waals surface area contributed by atoms with Crippen molar-refractivity contribution >= 4 is 18.0 Å². The molecule has 2 amide bonds. The Bertz CT molecular complexity index is 345. The minimum atomic E-state index is -0.955. The van der Waals surface area contributed by atoms with E-state index in [1.54, 1.807) is 6.92 Å². The number of amides is 2. The molecule has 0 aliphatic carbocycles. The predicted octanol–water partition coefficient (Wildman–Crippen LogP) is 0.446. The van der Waals surface area contributed by atoms with Gasteiger partial charge < -0.3 is 20.1 Å². The Morgan fingerprint density at radius 2 is 2.16 bits per heavy atom. The fraction of sp³-hybridized carbons (Fsp3) is 0.750. The predicted molar refractivity (Wildman–Crippen MR) is 66.6 cm³/mol. The van der Waals surface area contributed by atoms with E-state index >= 15 is 0 Å². The van der Waals surface area contributed by atoms with Gasteiger partial charge in [0.2, 0.25) is 0 Å². The van der Waals surface area contributed by atoms with Crippen molar-refractivity contribution in [3.05, 3.63) is 0 Å². The Morgan fingerprint density at radius 1 is 1.42 bits per heavy atom. The maximum absolute atomic E-state index is 11.8. The number of esters is 1. The molecule has 108 valence electrons. The fourth-order valence-electron chi connectivity index (χ4n) is 2.00. The molecular formula is C12H20N2O5. The molecule has 19 heavy (non-hydrogen) atoms. The van der Waals surface area contributed by atoms with Gasteiger partial charge in [0.25, 0.3) is 0 Å². The third kappa shape index (κ3) is 5.15. The molecule has 7 nitrogen and oxygen atoms in total. The van der Waals surface area contributed by atoms with Gasteiger partial charge in [-0.3, -0.25) is 9.59 Å². The molecule has 1 atom stereocenters. The molecule has 1 saturated heterocycles. The lowest BCUT2D eigenvalue weighted by atomic mass is 9.98. The third-order valence-corrected chi connectivity index (χ3v) is 2.94. The molecule has 0 unspecified atom stereocenters. The summed E-state index contributed by atoms with van der Waals surface area (Å²) in [5, 5.41) is 11.0. The minimum absolute atomic E-state index is 0.0920. The first-order valence-electron chi connectivity index (χ1n) is 6.45. The van der Waals surface area contributed by atoms with Gasteiger partial charge in [-0.05, 0) is 19.8 Å². The number of carbonyl (C=O) groups is 3. The lowest BCUT2D eigenvalue weighted by molar-refractivity contribution is -0.149. The molecule has 0 aromatic carbocycles. The van der Waals surface area contributed by atoms with Crippen molar-refractivity contribution in [1.29, 1.82) is 0 Å². The van der Waals surface area contributed by atoms with Crippen molar-refractivity contribution in [3.63, 3.8) is 0 Å². The number of carboxylic acids is 1. The zero-order valence-corrected chi connectivity index (χ0v) is 11.1. The van der Waals surface area contributed by atoms with Crippen LogP contribution in [0.3, 0.4) is 0 Å². The van der Waals surface area contributed by atoms with Gasteiger partial charge in [0.05, 0.1) is 18.9 Å². The van der Waals surface area contributed by atoms with Crippen LogP contribution in [-0.4, -0.2) is 54.2 Å². The van der Waals surface area contributed by atoms with E-state index in [0.717, 1.165) is 12.8 Å². The lowest BCUT2D eigenvalue weighted by Crippen LogP contribution is -2.47. The van der Waals surface area contributed by atoms with Crippen LogP contribution in [0.25, 0.3) is 0 Å². The first-order chi connectivity index (χ1) is 9.04. The van der Waals surface area contributed by atoms with Gasteiger partial charge in [-0.25, -0.2) is 4.79 Å². The van der Waals surface area contributed by atoms with Crippen LogP contribution in [-0.2, 0) is 14.3 Å². The summed E-state index contributed by atoms with van der Waals surface area (Å²) in [6, 6.07) is -0.324. The van der Waals surface area contributed by atoms with E-state index in [4.69, 9.17) is 9.84 Å². The number of carboxylic acid groups (broad SMARTS) is 1. The molecule has 7 heteroatoms. The molecule has 0 aromatic rings. The summed E-state index contributed by atoms with van der Waals surface area (Å²) in [4.78, 5) is 35.3. The summed E-state index contributed by atoms with van der Waals surface area (Å²) >= 11 is 0. The second-order valence-electron chi connectivity index (χ2n) is 4.41. The Morgan fingerprint density at radius 3 is 2.79 bits per heavy atom. The van der Waals surface area contributed by atoms with E-state index < -0.39 is 5.97 Å². The maximum atomic E-state index is 11.8. The van der Waals surface area contributed by atoms with Crippen LogP contribution in [0.1, 0.15) is 26.2 Å². The summed E-state index contributed by atoms with van der Waals surface area (Å²) in [7, 11) is 0. The molecule has 1 aliphatic heterocycles. The van der Waals surface area contributed by atoms with Crippen LogP contribution in [0.2, 0.25) is 0 Å². The molecule has 0 bridgehead atoms. The van der Waals surface area contributed by atoms with E-state index in [1.807, 2.05) is 0 Å². The first-order valence-corrected chi connectivity index (χ1v) is 6.45. The van der Waals surface area contributed by atoms with Gasteiger partial charge in [0.15, 0.2) is 0 Å².